The number of rotatable bonds is 6. The molecule has 0 aliphatic rings. The van der Waals surface area contributed by atoms with E-state index in [4.69, 9.17) is 16.3 Å². The Balaban J connectivity index is 2.28. The monoisotopic (exact) mass is 346 g/mol. The summed E-state index contributed by atoms with van der Waals surface area (Å²) in [6, 6.07) is 6.42. The Kier molecular flexibility index (Phi) is 5.10. The smallest absolute Gasteiger partial charge is 0.262 e. The highest BCUT2D eigenvalue weighted by atomic mass is 35.5. The van der Waals surface area contributed by atoms with Gasteiger partial charge in [0.05, 0.1) is 22.7 Å². The zero-order valence-electron chi connectivity index (χ0n) is 11.5. The van der Waals surface area contributed by atoms with Crippen molar-refractivity contribution in [1.82, 2.24) is 5.32 Å². The van der Waals surface area contributed by atoms with Crippen LogP contribution in [0.2, 0.25) is 5.02 Å². The minimum atomic E-state index is -3.67. The van der Waals surface area contributed by atoms with Gasteiger partial charge in [0.15, 0.2) is 0 Å². The first-order valence-electron chi connectivity index (χ1n) is 6.04. The van der Waals surface area contributed by atoms with Gasteiger partial charge in [-0.3, -0.25) is 4.72 Å². The molecule has 2 N–H and O–H groups in total. The Morgan fingerprint density at radius 3 is 2.76 bits per heavy atom. The van der Waals surface area contributed by atoms with Crippen molar-refractivity contribution in [3.63, 3.8) is 0 Å². The van der Waals surface area contributed by atoms with Gasteiger partial charge >= 0.3 is 0 Å². The van der Waals surface area contributed by atoms with Gasteiger partial charge in [-0.05, 0) is 25.2 Å². The fourth-order valence-electron chi connectivity index (χ4n) is 1.68. The van der Waals surface area contributed by atoms with Gasteiger partial charge in [0, 0.05) is 22.9 Å². The van der Waals surface area contributed by atoms with Crippen molar-refractivity contribution < 1.29 is 13.2 Å². The van der Waals surface area contributed by atoms with Crippen LogP contribution in [0.5, 0.6) is 5.75 Å². The Hall–Kier alpha value is -1.28. The molecule has 0 aliphatic carbocycles. The summed E-state index contributed by atoms with van der Waals surface area (Å²) in [5.74, 6) is 0.526. The van der Waals surface area contributed by atoms with E-state index >= 15 is 0 Å². The largest absolute Gasteiger partial charge is 0.497 e. The van der Waals surface area contributed by atoms with Crippen LogP contribution in [0.1, 0.15) is 4.88 Å². The summed E-state index contributed by atoms with van der Waals surface area (Å²) in [6.45, 7) is 0.625. The molecule has 0 aliphatic heterocycles. The number of nitrogens with one attached hydrogen (secondary N) is 2. The van der Waals surface area contributed by atoms with Crippen molar-refractivity contribution in [1.29, 1.82) is 0 Å². The number of benzene rings is 1. The molecule has 0 atom stereocenters. The third kappa shape index (κ3) is 3.88. The van der Waals surface area contributed by atoms with Gasteiger partial charge in [0.25, 0.3) is 10.0 Å². The van der Waals surface area contributed by atoms with Gasteiger partial charge in [0.2, 0.25) is 0 Å². The second-order valence-electron chi connectivity index (χ2n) is 4.23. The molecule has 114 valence electrons. The van der Waals surface area contributed by atoms with Crippen LogP contribution in [0.25, 0.3) is 0 Å². The minimum absolute atomic E-state index is 0.219. The minimum Gasteiger partial charge on any atom is -0.497 e. The molecule has 0 fully saturated rings. The maximum atomic E-state index is 12.3. The topological polar surface area (TPSA) is 67.4 Å². The standard InChI is InChI=1S/C13H15ClN2O3S2/c1-15-7-10-6-11(8-20-10)21(17,18)16-13-5-9(19-2)3-4-12(13)14/h3-6,8,15-16H,7H2,1-2H3. The Morgan fingerprint density at radius 2 is 2.10 bits per heavy atom. The van der Waals surface area contributed by atoms with Crippen LogP contribution in [0.15, 0.2) is 34.5 Å². The molecule has 0 saturated carbocycles. The number of sulfonamides is 1. The van der Waals surface area contributed by atoms with Gasteiger partial charge in [0.1, 0.15) is 5.75 Å². The quantitative estimate of drug-likeness (QED) is 0.844. The van der Waals surface area contributed by atoms with Crippen LogP contribution in [-0.2, 0) is 16.6 Å². The molecular formula is C13H15ClN2O3S2. The van der Waals surface area contributed by atoms with E-state index in [1.807, 2.05) is 7.05 Å². The summed E-state index contributed by atoms with van der Waals surface area (Å²) in [4.78, 5) is 1.16. The average Bonchev–Trinajstić information content (AvgIpc) is 2.91. The van der Waals surface area contributed by atoms with Gasteiger partial charge in [-0.1, -0.05) is 11.6 Å². The lowest BCUT2D eigenvalue weighted by molar-refractivity contribution is 0.415. The maximum Gasteiger partial charge on any atom is 0.262 e. The first kappa shape index (κ1) is 16.1. The molecule has 0 radical (unpaired) electrons. The molecule has 2 aromatic rings. The Morgan fingerprint density at radius 1 is 1.33 bits per heavy atom. The van der Waals surface area contributed by atoms with E-state index in [9.17, 15) is 8.42 Å². The van der Waals surface area contributed by atoms with E-state index in [1.165, 1.54) is 18.4 Å². The summed E-state index contributed by atoms with van der Waals surface area (Å²) in [7, 11) is -0.354. The van der Waals surface area contributed by atoms with Crippen molar-refractivity contribution in [3.05, 3.63) is 39.5 Å². The number of hydrogen-bond donors (Lipinski definition) is 2. The van der Waals surface area contributed by atoms with Crippen LogP contribution in [0.3, 0.4) is 0 Å². The molecular weight excluding hydrogens is 332 g/mol. The van der Waals surface area contributed by atoms with Crippen LogP contribution < -0.4 is 14.8 Å². The molecule has 2 rings (SSSR count). The van der Waals surface area contributed by atoms with Gasteiger partial charge in [-0.2, -0.15) is 0 Å². The first-order chi connectivity index (χ1) is 9.96. The lowest BCUT2D eigenvalue weighted by atomic mass is 10.3. The summed E-state index contributed by atoms with van der Waals surface area (Å²) in [5, 5.41) is 4.89. The highest BCUT2D eigenvalue weighted by Gasteiger charge is 2.18. The van der Waals surface area contributed by atoms with Crippen molar-refractivity contribution in [2.24, 2.45) is 0 Å². The van der Waals surface area contributed by atoms with Crippen molar-refractivity contribution >= 4 is 38.6 Å². The fraction of sp³-hybridized carbons (Fsp3) is 0.231. The van der Waals surface area contributed by atoms with Gasteiger partial charge in [-0.25, -0.2) is 8.42 Å². The molecule has 0 saturated heterocycles. The second kappa shape index (κ2) is 6.65. The highest BCUT2D eigenvalue weighted by molar-refractivity contribution is 7.92. The third-order valence-electron chi connectivity index (χ3n) is 2.71. The predicted molar refractivity (Wildman–Crippen MR) is 85.9 cm³/mol. The molecule has 1 heterocycles. The van der Waals surface area contributed by atoms with Crippen LogP contribution >= 0.6 is 22.9 Å². The SMILES string of the molecule is CNCc1cc(S(=O)(=O)Nc2cc(OC)ccc2Cl)cs1. The molecule has 0 amide bonds. The number of methoxy groups -OCH3 is 1. The number of thiophene rings is 1. The average molecular weight is 347 g/mol. The van der Waals surface area contributed by atoms with E-state index in [0.29, 0.717) is 17.3 Å². The molecule has 0 bridgehead atoms. The van der Waals surface area contributed by atoms with Crippen molar-refractivity contribution in [2.75, 3.05) is 18.9 Å². The predicted octanol–water partition coefficient (Wildman–Crippen LogP) is 2.93. The van der Waals surface area contributed by atoms with E-state index in [-0.39, 0.29) is 10.6 Å². The maximum absolute atomic E-state index is 12.3. The lowest BCUT2D eigenvalue weighted by Crippen LogP contribution is -2.12. The molecule has 1 aromatic heterocycles. The van der Waals surface area contributed by atoms with Crippen molar-refractivity contribution in [3.8, 4) is 5.75 Å². The molecule has 5 nitrogen and oxygen atoms in total. The number of hydrogen-bond acceptors (Lipinski definition) is 5. The first-order valence-corrected chi connectivity index (χ1v) is 8.78. The van der Waals surface area contributed by atoms with E-state index in [0.717, 1.165) is 4.88 Å². The lowest BCUT2D eigenvalue weighted by Gasteiger charge is -2.10. The van der Waals surface area contributed by atoms with E-state index in [2.05, 4.69) is 10.0 Å². The van der Waals surface area contributed by atoms with Gasteiger partial charge < -0.3 is 10.1 Å². The third-order valence-corrected chi connectivity index (χ3v) is 5.47. The Bertz CT molecular complexity index is 729. The number of anilines is 1. The summed E-state index contributed by atoms with van der Waals surface area (Å²) < 4.78 is 32.2. The van der Waals surface area contributed by atoms with Gasteiger partial charge in [-0.15, -0.1) is 11.3 Å². The number of ether oxygens (including phenoxy) is 1. The number of halogens is 1. The zero-order chi connectivity index (χ0) is 15.5. The molecule has 0 unspecified atom stereocenters. The molecule has 1 aromatic carbocycles. The second-order valence-corrected chi connectivity index (χ2v) is 7.32. The molecule has 8 heteroatoms. The summed E-state index contributed by atoms with van der Waals surface area (Å²) in [6.07, 6.45) is 0. The van der Waals surface area contributed by atoms with Crippen LogP contribution in [0.4, 0.5) is 5.69 Å². The van der Waals surface area contributed by atoms with E-state index in [1.54, 1.807) is 29.6 Å². The molecule has 0 spiro atoms. The van der Waals surface area contributed by atoms with Crippen molar-refractivity contribution in [2.45, 2.75) is 11.4 Å². The van der Waals surface area contributed by atoms with Crippen LogP contribution in [0, 0.1) is 0 Å². The normalized spacial score (nSPS) is 11.4. The summed E-state index contributed by atoms with van der Waals surface area (Å²) >= 11 is 7.40. The van der Waals surface area contributed by atoms with Crippen LogP contribution in [-0.4, -0.2) is 22.6 Å². The fourth-order valence-corrected chi connectivity index (χ4v) is 4.26. The van der Waals surface area contributed by atoms with E-state index < -0.39 is 10.0 Å². The highest BCUT2D eigenvalue weighted by Crippen LogP contribution is 2.29. The zero-order valence-corrected chi connectivity index (χ0v) is 13.9. The Labute approximate surface area is 133 Å². The summed E-state index contributed by atoms with van der Waals surface area (Å²) in [5.41, 5.74) is 0.289. The molecule has 21 heavy (non-hydrogen) atoms.